The molecule has 0 bridgehead atoms. The predicted molar refractivity (Wildman–Crippen MR) is 127 cm³/mol. The lowest BCUT2D eigenvalue weighted by Crippen LogP contribution is -2.40. The SMILES string of the molecule is C[C@@H](NC(=O)c1ccccc1)[C@@H](c1ccccc1)C1c2ccccc2Oc2ccccc21. The fraction of sp³-hybridized carbons (Fsp3) is 0.138. The number of hydrogen-bond acceptors (Lipinski definition) is 2. The molecule has 4 aromatic carbocycles. The second kappa shape index (κ2) is 8.72. The first-order chi connectivity index (χ1) is 15.7. The van der Waals surface area contributed by atoms with Crippen molar-refractivity contribution in [2.45, 2.75) is 24.8 Å². The van der Waals surface area contributed by atoms with Crippen LogP contribution in [0.15, 0.2) is 109 Å². The zero-order valence-corrected chi connectivity index (χ0v) is 17.9. The van der Waals surface area contributed by atoms with Crippen LogP contribution < -0.4 is 10.1 Å². The standard InChI is InChI=1S/C29H25NO2/c1-20(30-29(31)22-14-6-3-7-15-22)27(21-12-4-2-5-13-21)28-23-16-8-10-18-25(23)32-26-19-11-9-17-24(26)28/h2-20,27-28H,1H3,(H,30,31)/t20-,27+/m1/s1. The minimum absolute atomic E-state index is 0.0232. The van der Waals surface area contributed by atoms with Crippen molar-refractivity contribution in [2.75, 3.05) is 0 Å². The molecular formula is C29H25NO2. The van der Waals surface area contributed by atoms with Crippen molar-refractivity contribution in [3.8, 4) is 11.5 Å². The lowest BCUT2D eigenvalue weighted by Gasteiger charge is -2.37. The van der Waals surface area contributed by atoms with Gasteiger partial charge in [-0.3, -0.25) is 4.79 Å². The van der Waals surface area contributed by atoms with E-state index in [1.54, 1.807) is 0 Å². The van der Waals surface area contributed by atoms with Crippen molar-refractivity contribution < 1.29 is 9.53 Å². The number of rotatable bonds is 5. The molecule has 5 rings (SSSR count). The van der Waals surface area contributed by atoms with Gasteiger partial charge in [0, 0.05) is 34.6 Å². The van der Waals surface area contributed by atoms with Crippen LogP contribution in [0.5, 0.6) is 11.5 Å². The molecule has 3 heteroatoms. The molecule has 158 valence electrons. The highest BCUT2D eigenvalue weighted by Crippen LogP contribution is 2.51. The summed E-state index contributed by atoms with van der Waals surface area (Å²) in [4.78, 5) is 13.0. The molecule has 0 saturated heterocycles. The van der Waals surface area contributed by atoms with Crippen molar-refractivity contribution in [1.82, 2.24) is 5.32 Å². The largest absolute Gasteiger partial charge is 0.457 e. The molecule has 1 aliphatic heterocycles. The maximum Gasteiger partial charge on any atom is 0.251 e. The maximum atomic E-state index is 13.0. The molecule has 0 unspecified atom stereocenters. The minimum Gasteiger partial charge on any atom is -0.457 e. The van der Waals surface area contributed by atoms with Gasteiger partial charge >= 0.3 is 0 Å². The Kier molecular flexibility index (Phi) is 5.47. The molecule has 1 amide bonds. The topological polar surface area (TPSA) is 38.3 Å². The van der Waals surface area contributed by atoms with Crippen LogP contribution in [0.25, 0.3) is 0 Å². The second-order valence-corrected chi connectivity index (χ2v) is 8.22. The highest BCUT2D eigenvalue weighted by atomic mass is 16.5. The zero-order valence-electron chi connectivity index (χ0n) is 17.9. The molecule has 32 heavy (non-hydrogen) atoms. The van der Waals surface area contributed by atoms with E-state index in [1.165, 1.54) is 5.56 Å². The fourth-order valence-corrected chi connectivity index (χ4v) is 4.75. The average Bonchev–Trinajstić information content (AvgIpc) is 2.85. The lowest BCUT2D eigenvalue weighted by atomic mass is 9.72. The Balaban J connectivity index is 1.60. The van der Waals surface area contributed by atoms with Crippen LogP contribution in [0.1, 0.15) is 45.8 Å². The van der Waals surface area contributed by atoms with E-state index >= 15 is 0 Å². The van der Waals surface area contributed by atoms with Crippen molar-refractivity contribution in [1.29, 1.82) is 0 Å². The molecule has 0 saturated carbocycles. The van der Waals surface area contributed by atoms with Crippen LogP contribution in [0, 0.1) is 0 Å². The summed E-state index contributed by atoms with van der Waals surface area (Å²) in [7, 11) is 0. The van der Waals surface area contributed by atoms with E-state index in [4.69, 9.17) is 4.74 Å². The highest BCUT2D eigenvalue weighted by molar-refractivity contribution is 5.94. The summed E-state index contributed by atoms with van der Waals surface area (Å²) < 4.78 is 6.24. The molecule has 0 aliphatic carbocycles. The predicted octanol–water partition coefficient (Wildman–Crippen LogP) is 6.53. The van der Waals surface area contributed by atoms with Gasteiger partial charge in [-0.1, -0.05) is 84.9 Å². The minimum atomic E-state index is -0.116. The van der Waals surface area contributed by atoms with E-state index < -0.39 is 0 Å². The van der Waals surface area contributed by atoms with Crippen LogP contribution in [0.2, 0.25) is 0 Å². The summed E-state index contributed by atoms with van der Waals surface area (Å²) >= 11 is 0. The van der Waals surface area contributed by atoms with E-state index in [0.717, 1.165) is 22.6 Å². The van der Waals surface area contributed by atoms with Gasteiger partial charge in [-0.05, 0) is 36.8 Å². The fourth-order valence-electron chi connectivity index (χ4n) is 4.75. The molecular weight excluding hydrogens is 394 g/mol. The monoisotopic (exact) mass is 419 g/mol. The zero-order chi connectivity index (χ0) is 21.9. The Morgan fingerprint density at radius 3 is 1.81 bits per heavy atom. The van der Waals surface area contributed by atoms with Gasteiger partial charge in [0.15, 0.2) is 0 Å². The van der Waals surface area contributed by atoms with Crippen LogP contribution in [0.4, 0.5) is 0 Å². The normalized spacial score (nSPS) is 14.4. The summed E-state index contributed by atoms with van der Waals surface area (Å²) in [6, 6.07) is 36.1. The number of fused-ring (bicyclic) bond motifs is 2. The number of carbonyl (C=O) groups is 1. The molecule has 2 atom stereocenters. The van der Waals surface area contributed by atoms with Crippen LogP contribution >= 0.6 is 0 Å². The van der Waals surface area contributed by atoms with Gasteiger partial charge in [-0.25, -0.2) is 0 Å². The van der Waals surface area contributed by atoms with Crippen molar-refractivity contribution in [3.05, 3.63) is 131 Å². The van der Waals surface area contributed by atoms with Gasteiger partial charge in [-0.2, -0.15) is 0 Å². The Morgan fingerprint density at radius 2 is 1.22 bits per heavy atom. The third-order valence-corrected chi connectivity index (χ3v) is 6.21. The molecule has 1 aliphatic rings. The Hall–Kier alpha value is -3.85. The molecule has 0 aromatic heterocycles. The molecule has 0 fully saturated rings. The van der Waals surface area contributed by atoms with E-state index in [2.05, 4.69) is 60.8 Å². The Morgan fingerprint density at radius 1 is 0.719 bits per heavy atom. The van der Waals surface area contributed by atoms with Gasteiger partial charge in [0.2, 0.25) is 0 Å². The molecule has 3 nitrogen and oxygen atoms in total. The Bertz CT molecular complexity index is 1170. The average molecular weight is 420 g/mol. The van der Waals surface area contributed by atoms with E-state index in [9.17, 15) is 4.79 Å². The number of nitrogens with one attached hydrogen (secondary N) is 1. The quantitative estimate of drug-likeness (QED) is 0.400. The number of benzene rings is 4. The first-order valence-corrected chi connectivity index (χ1v) is 11.0. The summed E-state index contributed by atoms with van der Waals surface area (Å²) in [5.41, 5.74) is 4.13. The van der Waals surface area contributed by atoms with Gasteiger partial charge in [-0.15, -0.1) is 0 Å². The molecule has 0 radical (unpaired) electrons. The third-order valence-electron chi connectivity index (χ3n) is 6.21. The van der Waals surface area contributed by atoms with Gasteiger partial charge < -0.3 is 10.1 Å². The third kappa shape index (κ3) is 3.78. The summed E-state index contributed by atoms with van der Waals surface area (Å²) in [6.45, 7) is 2.10. The molecule has 4 aromatic rings. The van der Waals surface area contributed by atoms with Crippen LogP contribution in [0.3, 0.4) is 0 Å². The number of amides is 1. The smallest absolute Gasteiger partial charge is 0.251 e. The summed E-state index contributed by atoms with van der Waals surface area (Å²) in [5, 5.41) is 3.27. The van der Waals surface area contributed by atoms with Gasteiger partial charge in [0.25, 0.3) is 5.91 Å². The molecule has 1 heterocycles. The summed E-state index contributed by atoms with van der Waals surface area (Å²) in [5.74, 6) is 1.75. The number of ether oxygens (including phenoxy) is 1. The van der Waals surface area contributed by atoms with E-state index in [1.807, 2.05) is 60.7 Å². The highest BCUT2D eigenvalue weighted by Gasteiger charge is 2.37. The first kappa shape index (κ1) is 20.1. The Labute approximate surface area is 188 Å². The number of hydrogen-bond donors (Lipinski definition) is 1. The van der Waals surface area contributed by atoms with Gasteiger partial charge in [0.1, 0.15) is 11.5 Å². The maximum absolute atomic E-state index is 13.0. The number of para-hydroxylation sites is 2. The van der Waals surface area contributed by atoms with E-state index in [0.29, 0.717) is 5.56 Å². The number of carbonyl (C=O) groups excluding carboxylic acids is 1. The van der Waals surface area contributed by atoms with Crippen molar-refractivity contribution in [2.24, 2.45) is 0 Å². The van der Waals surface area contributed by atoms with Crippen molar-refractivity contribution >= 4 is 5.91 Å². The van der Waals surface area contributed by atoms with Crippen LogP contribution in [-0.2, 0) is 0 Å². The summed E-state index contributed by atoms with van der Waals surface area (Å²) in [6.07, 6.45) is 0. The van der Waals surface area contributed by atoms with Crippen LogP contribution in [-0.4, -0.2) is 11.9 Å². The van der Waals surface area contributed by atoms with E-state index in [-0.39, 0.29) is 23.8 Å². The molecule has 1 N–H and O–H groups in total. The van der Waals surface area contributed by atoms with Gasteiger partial charge in [0.05, 0.1) is 0 Å². The molecule has 0 spiro atoms. The first-order valence-electron chi connectivity index (χ1n) is 11.0. The lowest BCUT2D eigenvalue weighted by molar-refractivity contribution is 0.0933. The van der Waals surface area contributed by atoms with Crippen molar-refractivity contribution in [3.63, 3.8) is 0 Å². The second-order valence-electron chi connectivity index (χ2n) is 8.22.